The van der Waals surface area contributed by atoms with Gasteiger partial charge in [-0.3, -0.25) is 0 Å². The largest absolute Gasteiger partial charge is 0.454 e. The fourth-order valence-corrected chi connectivity index (χ4v) is 6.70. The van der Waals surface area contributed by atoms with Crippen molar-refractivity contribution >= 4 is 81.3 Å². The average molecular weight is 510 g/mol. The lowest BCUT2D eigenvalue weighted by Gasteiger charge is -2.25. The highest BCUT2D eigenvalue weighted by molar-refractivity contribution is 7.26. The Bertz CT molecular complexity index is 2160. The van der Waals surface area contributed by atoms with E-state index in [1.807, 2.05) is 41.7 Å². The molecule has 0 bridgehead atoms. The third-order valence-electron chi connectivity index (χ3n) is 7.31. The van der Waals surface area contributed by atoms with Crippen LogP contribution in [0, 0.1) is 5.82 Å². The SMILES string of the molecule is Fc1ccc(N(c2ccc3sc4ccc5ccccc5c4c3c2)c2cccc3c2oc2ccccc23)cc1. The van der Waals surface area contributed by atoms with E-state index < -0.39 is 0 Å². The van der Waals surface area contributed by atoms with E-state index >= 15 is 0 Å². The highest BCUT2D eigenvalue weighted by Gasteiger charge is 2.20. The summed E-state index contributed by atoms with van der Waals surface area (Å²) in [5, 5.41) is 7.09. The summed E-state index contributed by atoms with van der Waals surface area (Å²) >= 11 is 1.81. The molecule has 2 aromatic heterocycles. The molecule has 8 aromatic rings. The van der Waals surface area contributed by atoms with Crippen LogP contribution in [-0.2, 0) is 0 Å². The molecule has 180 valence electrons. The molecule has 0 fully saturated rings. The molecule has 0 aliphatic heterocycles. The van der Waals surface area contributed by atoms with Gasteiger partial charge in [0.15, 0.2) is 5.58 Å². The van der Waals surface area contributed by atoms with E-state index in [1.165, 1.54) is 43.1 Å². The zero-order valence-electron chi connectivity index (χ0n) is 20.2. The van der Waals surface area contributed by atoms with Gasteiger partial charge in [-0.1, -0.05) is 60.7 Å². The third kappa shape index (κ3) is 3.17. The molecule has 0 spiro atoms. The van der Waals surface area contributed by atoms with E-state index in [2.05, 4.69) is 83.8 Å². The highest BCUT2D eigenvalue weighted by atomic mass is 32.1. The van der Waals surface area contributed by atoms with Crippen molar-refractivity contribution in [1.82, 2.24) is 0 Å². The number of thiophene rings is 1. The Balaban J connectivity index is 1.44. The fraction of sp³-hybridized carbons (Fsp3) is 0. The van der Waals surface area contributed by atoms with Gasteiger partial charge in [-0.2, -0.15) is 0 Å². The Morgan fingerprint density at radius 1 is 0.579 bits per heavy atom. The Morgan fingerprint density at radius 3 is 2.21 bits per heavy atom. The molecule has 0 saturated carbocycles. The van der Waals surface area contributed by atoms with Gasteiger partial charge in [0.1, 0.15) is 11.4 Å². The quantitative estimate of drug-likeness (QED) is 0.235. The molecule has 0 atom stereocenters. The standard InChI is InChI=1S/C34H20FNOS/c35-22-13-15-23(16-14-22)36(29-10-5-9-27-26-8-3-4-11-30(26)37-34(27)29)24-17-19-31-28(20-24)33-25-7-2-1-6-21(25)12-18-32(33)38-31/h1-20H. The van der Waals surface area contributed by atoms with E-state index in [1.54, 1.807) is 0 Å². The zero-order chi connectivity index (χ0) is 25.2. The molecule has 6 aromatic carbocycles. The first-order chi connectivity index (χ1) is 18.7. The van der Waals surface area contributed by atoms with Crippen LogP contribution in [0.4, 0.5) is 21.5 Å². The number of benzene rings is 6. The van der Waals surface area contributed by atoms with Gasteiger partial charge in [-0.25, -0.2) is 4.39 Å². The van der Waals surface area contributed by atoms with Gasteiger partial charge in [-0.15, -0.1) is 11.3 Å². The van der Waals surface area contributed by atoms with Crippen LogP contribution in [0.1, 0.15) is 0 Å². The second kappa shape index (κ2) is 8.17. The maximum atomic E-state index is 14.0. The predicted octanol–water partition coefficient (Wildman–Crippen LogP) is 10.7. The number of furan rings is 1. The lowest BCUT2D eigenvalue weighted by molar-refractivity contribution is 0.628. The van der Waals surface area contributed by atoms with Gasteiger partial charge in [0.05, 0.1) is 5.69 Å². The van der Waals surface area contributed by atoms with E-state index in [-0.39, 0.29) is 5.82 Å². The normalized spacial score (nSPS) is 11.8. The van der Waals surface area contributed by atoms with Crippen molar-refractivity contribution in [3.63, 3.8) is 0 Å². The van der Waals surface area contributed by atoms with Gasteiger partial charge < -0.3 is 9.32 Å². The van der Waals surface area contributed by atoms with E-state index in [0.29, 0.717) is 0 Å². The molecule has 0 saturated heterocycles. The Morgan fingerprint density at radius 2 is 1.32 bits per heavy atom. The molecule has 0 amide bonds. The van der Waals surface area contributed by atoms with Crippen LogP contribution in [0.3, 0.4) is 0 Å². The maximum absolute atomic E-state index is 14.0. The van der Waals surface area contributed by atoms with Crippen molar-refractivity contribution in [2.24, 2.45) is 0 Å². The monoisotopic (exact) mass is 509 g/mol. The summed E-state index contributed by atoms with van der Waals surface area (Å²) in [6.45, 7) is 0. The first-order valence-electron chi connectivity index (χ1n) is 12.5. The van der Waals surface area contributed by atoms with Crippen molar-refractivity contribution < 1.29 is 8.81 Å². The minimum Gasteiger partial charge on any atom is -0.454 e. The number of hydrogen-bond donors (Lipinski definition) is 0. The van der Waals surface area contributed by atoms with E-state index in [0.717, 1.165) is 39.0 Å². The summed E-state index contributed by atoms with van der Waals surface area (Å²) in [5.41, 5.74) is 4.42. The van der Waals surface area contributed by atoms with Gasteiger partial charge >= 0.3 is 0 Å². The minimum atomic E-state index is -0.263. The molecule has 8 rings (SSSR count). The second-order valence-corrected chi connectivity index (χ2v) is 10.6. The highest BCUT2D eigenvalue weighted by Crippen LogP contribution is 2.45. The van der Waals surface area contributed by atoms with Crippen LogP contribution in [-0.4, -0.2) is 0 Å². The third-order valence-corrected chi connectivity index (χ3v) is 8.45. The molecule has 4 heteroatoms. The molecule has 0 N–H and O–H groups in total. The molecule has 2 nitrogen and oxygen atoms in total. The number of rotatable bonds is 3. The number of para-hydroxylation sites is 2. The average Bonchev–Trinajstić information content (AvgIpc) is 3.53. The number of fused-ring (bicyclic) bond motifs is 8. The minimum absolute atomic E-state index is 0.263. The lowest BCUT2D eigenvalue weighted by atomic mass is 10.0. The van der Waals surface area contributed by atoms with Gasteiger partial charge in [-0.05, 0) is 71.4 Å². The van der Waals surface area contributed by atoms with Crippen LogP contribution in [0.15, 0.2) is 126 Å². The zero-order valence-corrected chi connectivity index (χ0v) is 21.0. The summed E-state index contributed by atoms with van der Waals surface area (Å²) in [6, 6.07) is 40.5. The number of hydrogen-bond acceptors (Lipinski definition) is 3. The smallest absolute Gasteiger partial charge is 0.159 e. The molecule has 0 radical (unpaired) electrons. The van der Waals surface area contributed by atoms with Crippen LogP contribution in [0.2, 0.25) is 0 Å². The van der Waals surface area contributed by atoms with E-state index in [4.69, 9.17) is 4.42 Å². The van der Waals surface area contributed by atoms with Crippen molar-refractivity contribution in [1.29, 1.82) is 0 Å². The van der Waals surface area contributed by atoms with Crippen LogP contribution >= 0.6 is 11.3 Å². The van der Waals surface area contributed by atoms with Gasteiger partial charge in [0.25, 0.3) is 0 Å². The Hall–Kier alpha value is -4.67. The molecular weight excluding hydrogens is 489 g/mol. The van der Waals surface area contributed by atoms with Crippen LogP contribution in [0.25, 0.3) is 52.9 Å². The summed E-state index contributed by atoms with van der Waals surface area (Å²) in [5.74, 6) is -0.263. The molecule has 0 aliphatic carbocycles. The molecular formula is C34H20FNOS. The summed E-state index contributed by atoms with van der Waals surface area (Å²) < 4.78 is 22.9. The Labute approximate surface area is 221 Å². The van der Waals surface area contributed by atoms with Crippen molar-refractivity contribution in [2.75, 3.05) is 4.90 Å². The van der Waals surface area contributed by atoms with Crippen LogP contribution < -0.4 is 4.90 Å². The summed E-state index contributed by atoms with van der Waals surface area (Å²) in [7, 11) is 0. The van der Waals surface area contributed by atoms with Crippen molar-refractivity contribution in [3.05, 3.63) is 127 Å². The topological polar surface area (TPSA) is 16.4 Å². The maximum Gasteiger partial charge on any atom is 0.159 e. The Kier molecular flexibility index (Phi) is 4.60. The summed E-state index contributed by atoms with van der Waals surface area (Å²) in [6.07, 6.45) is 0. The predicted molar refractivity (Wildman–Crippen MR) is 159 cm³/mol. The first kappa shape index (κ1) is 21.4. The summed E-state index contributed by atoms with van der Waals surface area (Å²) in [4.78, 5) is 2.16. The lowest BCUT2D eigenvalue weighted by Crippen LogP contribution is -2.10. The molecule has 38 heavy (non-hydrogen) atoms. The second-order valence-electron chi connectivity index (χ2n) is 9.51. The van der Waals surface area contributed by atoms with Crippen molar-refractivity contribution in [3.8, 4) is 0 Å². The number of nitrogens with zero attached hydrogens (tertiary/aromatic N) is 1. The molecule has 0 unspecified atom stereocenters. The molecule has 2 heterocycles. The number of halogens is 1. The molecule has 0 aliphatic rings. The fourth-order valence-electron chi connectivity index (χ4n) is 5.60. The van der Waals surface area contributed by atoms with Gasteiger partial charge in [0.2, 0.25) is 0 Å². The number of anilines is 3. The van der Waals surface area contributed by atoms with E-state index in [9.17, 15) is 4.39 Å². The van der Waals surface area contributed by atoms with Crippen molar-refractivity contribution in [2.45, 2.75) is 0 Å². The van der Waals surface area contributed by atoms with Gasteiger partial charge in [0, 0.05) is 42.3 Å². The van der Waals surface area contributed by atoms with Crippen LogP contribution in [0.5, 0.6) is 0 Å². The first-order valence-corrected chi connectivity index (χ1v) is 13.4.